The van der Waals surface area contributed by atoms with E-state index in [-0.39, 0.29) is 12.5 Å². The number of halogens is 1. The molecule has 104 valence electrons. The molecule has 0 amide bonds. The fourth-order valence-electron chi connectivity index (χ4n) is 2.10. The van der Waals surface area contributed by atoms with Crippen LogP contribution in [0.4, 0.5) is 5.69 Å². The average Bonchev–Trinajstić information content (AvgIpc) is 2.87. The first-order valence-corrected chi connectivity index (χ1v) is 6.63. The number of benzene rings is 2. The predicted molar refractivity (Wildman–Crippen MR) is 77.7 cm³/mol. The minimum absolute atomic E-state index is 0.182. The van der Waals surface area contributed by atoms with Gasteiger partial charge in [0.25, 0.3) is 0 Å². The second-order valence-corrected chi connectivity index (χ2v) is 5.01. The summed E-state index contributed by atoms with van der Waals surface area (Å²) in [6, 6.07) is 9.04. The van der Waals surface area contributed by atoms with E-state index in [2.05, 4.69) is 5.32 Å². The molecule has 0 aromatic heterocycles. The van der Waals surface area contributed by atoms with E-state index in [0.29, 0.717) is 23.1 Å². The molecule has 4 nitrogen and oxygen atoms in total. The monoisotopic (exact) mass is 291 g/mol. The second kappa shape index (κ2) is 5.13. The molecule has 20 heavy (non-hydrogen) atoms. The van der Waals surface area contributed by atoms with E-state index in [1.807, 2.05) is 25.1 Å². The summed E-state index contributed by atoms with van der Waals surface area (Å²) in [5, 5.41) is 13.9. The maximum atomic E-state index is 9.97. The fraction of sp³-hybridized carbons (Fsp3) is 0.200. The first kappa shape index (κ1) is 12.9. The lowest BCUT2D eigenvalue weighted by molar-refractivity contribution is 0.174. The van der Waals surface area contributed by atoms with Gasteiger partial charge in [0.15, 0.2) is 11.5 Å². The number of phenols is 1. The van der Waals surface area contributed by atoms with Gasteiger partial charge >= 0.3 is 0 Å². The topological polar surface area (TPSA) is 50.7 Å². The SMILES string of the molecule is Cc1c(Cl)cccc1NCc1cc2c(cc1O)OCO2. The highest BCUT2D eigenvalue weighted by Gasteiger charge is 2.17. The molecule has 2 aromatic rings. The van der Waals surface area contributed by atoms with Gasteiger partial charge in [-0.25, -0.2) is 0 Å². The zero-order valence-electron chi connectivity index (χ0n) is 10.9. The molecule has 0 bridgehead atoms. The van der Waals surface area contributed by atoms with Gasteiger partial charge in [0, 0.05) is 28.9 Å². The molecule has 1 aliphatic heterocycles. The largest absolute Gasteiger partial charge is 0.507 e. The van der Waals surface area contributed by atoms with Gasteiger partial charge in [-0.05, 0) is 30.7 Å². The summed E-state index contributed by atoms with van der Waals surface area (Å²) in [6.07, 6.45) is 0. The van der Waals surface area contributed by atoms with Crippen LogP contribution in [0, 0.1) is 6.92 Å². The molecule has 0 unspecified atom stereocenters. The van der Waals surface area contributed by atoms with Crippen molar-refractivity contribution in [3.63, 3.8) is 0 Å². The van der Waals surface area contributed by atoms with Gasteiger partial charge in [-0.15, -0.1) is 0 Å². The Bertz CT molecular complexity index is 658. The van der Waals surface area contributed by atoms with Crippen molar-refractivity contribution in [3.05, 3.63) is 46.5 Å². The van der Waals surface area contributed by atoms with Crippen LogP contribution in [0.5, 0.6) is 17.2 Å². The molecular weight excluding hydrogens is 278 g/mol. The minimum atomic E-state index is 0.182. The number of hydrogen-bond acceptors (Lipinski definition) is 4. The number of aromatic hydroxyl groups is 1. The molecule has 1 aliphatic rings. The summed E-state index contributed by atoms with van der Waals surface area (Å²) >= 11 is 6.08. The molecular formula is C15H14ClNO3. The van der Waals surface area contributed by atoms with Crippen LogP contribution in [0.25, 0.3) is 0 Å². The van der Waals surface area contributed by atoms with E-state index >= 15 is 0 Å². The third-order valence-corrected chi connectivity index (χ3v) is 3.72. The Balaban J connectivity index is 1.80. The third kappa shape index (κ3) is 2.34. The van der Waals surface area contributed by atoms with Crippen LogP contribution in [-0.2, 0) is 6.54 Å². The lowest BCUT2D eigenvalue weighted by atomic mass is 10.1. The predicted octanol–water partition coefficient (Wildman–Crippen LogP) is 3.69. The molecule has 2 aromatic carbocycles. The van der Waals surface area contributed by atoms with E-state index in [1.165, 1.54) is 0 Å². The molecule has 0 saturated heterocycles. The third-order valence-electron chi connectivity index (χ3n) is 3.31. The lowest BCUT2D eigenvalue weighted by Crippen LogP contribution is -2.01. The molecule has 3 rings (SSSR count). The zero-order valence-corrected chi connectivity index (χ0v) is 11.7. The number of rotatable bonds is 3. The molecule has 0 spiro atoms. The number of nitrogens with one attached hydrogen (secondary N) is 1. The Hall–Kier alpha value is -2.07. The van der Waals surface area contributed by atoms with Gasteiger partial charge in [0.2, 0.25) is 6.79 Å². The van der Waals surface area contributed by atoms with Crippen molar-refractivity contribution in [3.8, 4) is 17.2 Å². The first-order chi connectivity index (χ1) is 9.65. The van der Waals surface area contributed by atoms with Gasteiger partial charge in [0.1, 0.15) is 5.75 Å². The normalized spacial score (nSPS) is 12.5. The Morgan fingerprint density at radius 1 is 1.25 bits per heavy atom. The average molecular weight is 292 g/mol. The summed E-state index contributed by atoms with van der Waals surface area (Å²) in [6.45, 7) is 2.62. The maximum absolute atomic E-state index is 9.97. The minimum Gasteiger partial charge on any atom is -0.507 e. The van der Waals surface area contributed by atoms with E-state index in [9.17, 15) is 5.11 Å². The van der Waals surface area contributed by atoms with Crippen LogP contribution in [0.2, 0.25) is 5.02 Å². The van der Waals surface area contributed by atoms with Crippen molar-refractivity contribution in [2.45, 2.75) is 13.5 Å². The van der Waals surface area contributed by atoms with Gasteiger partial charge in [-0.3, -0.25) is 0 Å². The van der Waals surface area contributed by atoms with E-state index < -0.39 is 0 Å². The Morgan fingerprint density at radius 3 is 2.80 bits per heavy atom. The van der Waals surface area contributed by atoms with Crippen LogP contribution in [0.1, 0.15) is 11.1 Å². The van der Waals surface area contributed by atoms with Crippen LogP contribution < -0.4 is 14.8 Å². The molecule has 0 atom stereocenters. The highest BCUT2D eigenvalue weighted by molar-refractivity contribution is 6.31. The Morgan fingerprint density at radius 2 is 2.00 bits per heavy atom. The quantitative estimate of drug-likeness (QED) is 0.905. The highest BCUT2D eigenvalue weighted by atomic mass is 35.5. The zero-order chi connectivity index (χ0) is 14.1. The van der Waals surface area contributed by atoms with Gasteiger partial charge < -0.3 is 19.9 Å². The molecule has 0 radical (unpaired) electrons. The number of anilines is 1. The second-order valence-electron chi connectivity index (χ2n) is 4.60. The highest BCUT2D eigenvalue weighted by Crippen LogP contribution is 2.38. The molecule has 5 heteroatoms. The van der Waals surface area contributed by atoms with Crippen molar-refractivity contribution >= 4 is 17.3 Å². The van der Waals surface area contributed by atoms with Gasteiger partial charge in [0.05, 0.1) is 0 Å². The smallest absolute Gasteiger partial charge is 0.231 e. The van der Waals surface area contributed by atoms with Crippen molar-refractivity contribution in [2.75, 3.05) is 12.1 Å². The molecule has 1 heterocycles. The first-order valence-electron chi connectivity index (χ1n) is 6.25. The van der Waals surface area contributed by atoms with Crippen LogP contribution in [-0.4, -0.2) is 11.9 Å². The molecule has 0 fully saturated rings. The molecule has 0 aliphatic carbocycles. The van der Waals surface area contributed by atoms with Crippen molar-refractivity contribution < 1.29 is 14.6 Å². The number of ether oxygens (including phenoxy) is 2. The summed E-state index contributed by atoms with van der Waals surface area (Å²) in [4.78, 5) is 0. The van der Waals surface area contributed by atoms with Crippen LogP contribution in [0.3, 0.4) is 0 Å². The summed E-state index contributed by atoms with van der Waals surface area (Å²) < 4.78 is 10.5. The van der Waals surface area contributed by atoms with Gasteiger partial charge in [-0.2, -0.15) is 0 Å². The standard InChI is InChI=1S/C15H14ClNO3/c1-9-11(16)3-2-4-12(9)17-7-10-5-14-15(6-13(10)18)20-8-19-14/h2-6,17-18H,7-8H2,1H3. The summed E-state index contributed by atoms with van der Waals surface area (Å²) in [7, 11) is 0. The molecule has 2 N–H and O–H groups in total. The maximum Gasteiger partial charge on any atom is 0.231 e. The Kier molecular flexibility index (Phi) is 3.32. The van der Waals surface area contributed by atoms with Crippen molar-refractivity contribution in [1.82, 2.24) is 0 Å². The van der Waals surface area contributed by atoms with Crippen LogP contribution in [0.15, 0.2) is 30.3 Å². The lowest BCUT2D eigenvalue weighted by Gasteiger charge is -2.12. The summed E-state index contributed by atoms with van der Waals surface area (Å²) in [5.74, 6) is 1.41. The number of fused-ring (bicyclic) bond motifs is 1. The molecule has 0 saturated carbocycles. The van der Waals surface area contributed by atoms with Crippen LogP contribution >= 0.6 is 11.6 Å². The van der Waals surface area contributed by atoms with Crippen molar-refractivity contribution in [1.29, 1.82) is 0 Å². The van der Waals surface area contributed by atoms with Gasteiger partial charge in [-0.1, -0.05) is 17.7 Å². The number of phenolic OH excluding ortho intramolecular Hbond substituents is 1. The van der Waals surface area contributed by atoms with E-state index in [0.717, 1.165) is 16.8 Å². The van der Waals surface area contributed by atoms with E-state index in [1.54, 1.807) is 12.1 Å². The summed E-state index contributed by atoms with van der Waals surface area (Å²) in [5.41, 5.74) is 2.66. The van der Waals surface area contributed by atoms with E-state index in [4.69, 9.17) is 21.1 Å². The van der Waals surface area contributed by atoms with Crippen molar-refractivity contribution in [2.24, 2.45) is 0 Å². The Labute approximate surface area is 121 Å². The fourth-order valence-corrected chi connectivity index (χ4v) is 2.28. The number of hydrogen-bond donors (Lipinski definition) is 2.